The maximum atomic E-state index is 9.51. The first kappa shape index (κ1) is 11.0. The van der Waals surface area contributed by atoms with Gasteiger partial charge in [-0.3, -0.25) is 0 Å². The SMILES string of the molecule is Cc1c(O)ccc(Cc2ccccc2)c1Cl. The van der Waals surface area contributed by atoms with Crippen molar-refractivity contribution >= 4 is 11.6 Å². The molecule has 0 aliphatic carbocycles. The number of phenols is 1. The highest BCUT2D eigenvalue weighted by Gasteiger charge is 2.07. The quantitative estimate of drug-likeness (QED) is 0.832. The van der Waals surface area contributed by atoms with E-state index in [1.807, 2.05) is 31.2 Å². The summed E-state index contributed by atoms with van der Waals surface area (Å²) >= 11 is 6.19. The topological polar surface area (TPSA) is 20.2 Å². The third-order valence-corrected chi connectivity index (χ3v) is 3.20. The molecular weight excluding hydrogens is 220 g/mol. The van der Waals surface area contributed by atoms with Crippen molar-refractivity contribution < 1.29 is 5.11 Å². The molecular formula is C14H13ClO. The van der Waals surface area contributed by atoms with Gasteiger partial charge in [0.25, 0.3) is 0 Å². The van der Waals surface area contributed by atoms with Crippen LogP contribution in [0.2, 0.25) is 5.02 Å². The first-order valence-electron chi connectivity index (χ1n) is 5.19. The zero-order valence-corrected chi connectivity index (χ0v) is 9.83. The number of aromatic hydroxyl groups is 1. The van der Waals surface area contributed by atoms with E-state index in [1.165, 1.54) is 5.56 Å². The normalized spacial score (nSPS) is 10.4. The first-order chi connectivity index (χ1) is 7.68. The lowest BCUT2D eigenvalue weighted by molar-refractivity contribution is 0.471. The van der Waals surface area contributed by atoms with Crippen LogP contribution in [-0.4, -0.2) is 5.11 Å². The molecule has 0 fully saturated rings. The van der Waals surface area contributed by atoms with Gasteiger partial charge in [-0.25, -0.2) is 0 Å². The molecule has 0 aliphatic heterocycles. The second kappa shape index (κ2) is 4.58. The predicted molar refractivity (Wildman–Crippen MR) is 67.1 cm³/mol. The van der Waals surface area contributed by atoms with Gasteiger partial charge in [0, 0.05) is 5.56 Å². The first-order valence-corrected chi connectivity index (χ1v) is 5.57. The average molecular weight is 233 g/mol. The summed E-state index contributed by atoms with van der Waals surface area (Å²) in [6.45, 7) is 1.83. The zero-order chi connectivity index (χ0) is 11.5. The van der Waals surface area contributed by atoms with E-state index in [2.05, 4.69) is 12.1 Å². The van der Waals surface area contributed by atoms with Crippen LogP contribution in [0.5, 0.6) is 5.75 Å². The summed E-state index contributed by atoms with van der Waals surface area (Å²) < 4.78 is 0. The average Bonchev–Trinajstić information content (AvgIpc) is 2.31. The van der Waals surface area contributed by atoms with E-state index >= 15 is 0 Å². The molecule has 0 spiro atoms. The minimum atomic E-state index is 0.252. The van der Waals surface area contributed by atoms with Gasteiger partial charge in [-0.05, 0) is 30.5 Å². The second-order valence-electron chi connectivity index (χ2n) is 3.85. The van der Waals surface area contributed by atoms with Gasteiger partial charge >= 0.3 is 0 Å². The number of halogens is 1. The van der Waals surface area contributed by atoms with E-state index in [-0.39, 0.29) is 5.75 Å². The molecule has 0 aromatic heterocycles. The van der Waals surface area contributed by atoms with Crippen molar-refractivity contribution in [3.8, 4) is 5.75 Å². The fourth-order valence-electron chi connectivity index (χ4n) is 1.68. The monoisotopic (exact) mass is 232 g/mol. The van der Waals surface area contributed by atoms with Crippen molar-refractivity contribution in [3.63, 3.8) is 0 Å². The summed E-state index contributed by atoms with van der Waals surface area (Å²) in [6.07, 6.45) is 0.792. The molecule has 82 valence electrons. The molecule has 1 N–H and O–H groups in total. The van der Waals surface area contributed by atoms with Crippen LogP contribution in [0.4, 0.5) is 0 Å². The van der Waals surface area contributed by atoms with Crippen molar-refractivity contribution in [2.24, 2.45) is 0 Å². The Bertz CT molecular complexity index is 492. The molecule has 2 rings (SSSR count). The molecule has 0 aliphatic rings. The van der Waals surface area contributed by atoms with Gasteiger partial charge in [0.2, 0.25) is 0 Å². The van der Waals surface area contributed by atoms with E-state index < -0.39 is 0 Å². The molecule has 2 heteroatoms. The van der Waals surface area contributed by atoms with Crippen LogP contribution < -0.4 is 0 Å². The Morgan fingerprint density at radius 1 is 1.06 bits per heavy atom. The Morgan fingerprint density at radius 3 is 2.44 bits per heavy atom. The van der Waals surface area contributed by atoms with Crippen molar-refractivity contribution in [2.75, 3.05) is 0 Å². The molecule has 0 bridgehead atoms. The highest BCUT2D eigenvalue weighted by atomic mass is 35.5. The van der Waals surface area contributed by atoms with Crippen LogP contribution in [0.3, 0.4) is 0 Å². The molecule has 0 radical (unpaired) electrons. The lowest BCUT2D eigenvalue weighted by Crippen LogP contribution is -1.91. The van der Waals surface area contributed by atoms with E-state index in [4.69, 9.17) is 11.6 Å². The summed E-state index contributed by atoms with van der Waals surface area (Å²) in [6, 6.07) is 13.7. The minimum absolute atomic E-state index is 0.252. The summed E-state index contributed by atoms with van der Waals surface area (Å²) in [7, 11) is 0. The van der Waals surface area contributed by atoms with Gasteiger partial charge in [-0.2, -0.15) is 0 Å². The van der Waals surface area contributed by atoms with E-state index in [0.717, 1.165) is 17.5 Å². The Balaban J connectivity index is 2.33. The van der Waals surface area contributed by atoms with E-state index in [1.54, 1.807) is 6.07 Å². The molecule has 2 aromatic carbocycles. The van der Waals surface area contributed by atoms with Gasteiger partial charge < -0.3 is 5.11 Å². The predicted octanol–water partition coefficient (Wildman–Crippen LogP) is 3.94. The maximum absolute atomic E-state index is 9.51. The largest absolute Gasteiger partial charge is 0.508 e. The molecule has 0 saturated carbocycles. The van der Waals surface area contributed by atoms with Crippen LogP contribution in [0.25, 0.3) is 0 Å². The summed E-state index contributed by atoms with van der Waals surface area (Å²) in [5.74, 6) is 0.252. The fourth-order valence-corrected chi connectivity index (χ4v) is 1.91. The number of benzene rings is 2. The fraction of sp³-hybridized carbons (Fsp3) is 0.143. The van der Waals surface area contributed by atoms with Gasteiger partial charge in [0.05, 0.1) is 5.02 Å². The molecule has 16 heavy (non-hydrogen) atoms. The molecule has 0 atom stereocenters. The standard InChI is InChI=1S/C14H13ClO/c1-10-13(16)8-7-12(14(10)15)9-11-5-3-2-4-6-11/h2-8,16H,9H2,1H3. The minimum Gasteiger partial charge on any atom is -0.508 e. The highest BCUT2D eigenvalue weighted by Crippen LogP contribution is 2.29. The molecule has 0 amide bonds. The Morgan fingerprint density at radius 2 is 1.75 bits per heavy atom. The zero-order valence-electron chi connectivity index (χ0n) is 9.07. The Kier molecular flexibility index (Phi) is 3.16. The second-order valence-corrected chi connectivity index (χ2v) is 4.22. The maximum Gasteiger partial charge on any atom is 0.119 e. The molecule has 0 heterocycles. The number of rotatable bonds is 2. The van der Waals surface area contributed by atoms with Crippen LogP contribution in [-0.2, 0) is 6.42 Å². The number of phenolic OH excluding ortho intramolecular Hbond substituents is 1. The van der Waals surface area contributed by atoms with Gasteiger partial charge in [-0.15, -0.1) is 0 Å². The van der Waals surface area contributed by atoms with E-state index in [0.29, 0.717) is 5.02 Å². The van der Waals surface area contributed by atoms with Crippen molar-refractivity contribution in [1.82, 2.24) is 0 Å². The highest BCUT2D eigenvalue weighted by molar-refractivity contribution is 6.32. The molecule has 0 saturated heterocycles. The van der Waals surface area contributed by atoms with Crippen LogP contribution in [0.1, 0.15) is 16.7 Å². The summed E-state index contributed by atoms with van der Waals surface area (Å²) in [4.78, 5) is 0. The molecule has 0 unspecified atom stereocenters. The van der Waals surface area contributed by atoms with Crippen molar-refractivity contribution in [2.45, 2.75) is 13.3 Å². The smallest absolute Gasteiger partial charge is 0.119 e. The summed E-state index contributed by atoms with van der Waals surface area (Å²) in [5.41, 5.74) is 3.01. The van der Waals surface area contributed by atoms with Crippen LogP contribution in [0.15, 0.2) is 42.5 Å². The molecule has 2 aromatic rings. The Labute approximate surface area is 100 Å². The molecule has 1 nitrogen and oxygen atoms in total. The van der Waals surface area contributed by atoms with E-state index in [9.17, 15) is 5.11 Å². The van der Waals surface area contributed by atoms with Crippen LogP contribution in [0, 0.1) is 6.92 Å². The number of hydrogen-bond donors (Lipinski definition) is 1. The summed E-state index contributed by atoms with van der Waals surface area (Å²) in [5, 5.41) is 10.2. The van der Waals surface area contributed by atoms with Gasteiger partial charge in [0.1, 0.15) is 5.75 Å². The van der Waals surface area contributed by atoms with Gasteiger partial charge in [0.15, 0.2) is 0 Å². The van der Waals surface area contributed by atoms with Crippen molar-refractivity contribution in [3.05, 3.63) is 64.2 Å². The third-order valence-electron chi connectivity index (χ3n) is 2.68. The van der Waals surface area contributed by atoms with Gasteiger partial charge in [-0.1, -0.05) is 48.0 Å². The van der Waals surface area contributed by atoms with Crippen molar-refractivity contribution in [1.29, 1.82) is 0 Å². The Hall–Kier alpha value is -1.47. The number of hydrogen-bond acceptors (Lipinski definition) is 1. The lowest BCUT2D eigenvalue weighted by atomic mass is 10.0. The third kappa shape index (κ3) is 2.20. The lowest BCUT2D eigenvalue weighted by Gasteiger charge is -2.08. The van der Waals surface area contributed by atoms with Crippen LogP contribution >= 0.6 is 11.6 Å².